The third-order valence-corrected chi connectivity index (χ3v) is 7.38. The minimum atomic E-state index is -3.68. The van der Waals surface area contributed by atoms with Crippen molar-refractivity contribution >= 4 is 28.2 Å². The van der Waals surface area contributed by atoms with Crippen LogP contribution in [0.1, 0.15) is 29.3 Å². The molecule has 0 aliphatic rings. The number of aryl methyl sites for hydroxylation is 1. The lowest BCUT2D eigenvalue weighted by Gasteiger charge is -2.18. The molecule has 0 bridgehead atoms. The second kappa shape index (κ2) is 10.2. The van der Waals surface area contributed by atoms with Crippen LogP contribution in [0.3, 0.4) is 0 Å². The van der Waals surface area contributed by atoms with Gasteiger partial charge in [0, 0.05) is 16.4 Å². The van der Waals surface area contributed by atoms with Crippen molar-refractivity contribution in [1.29, 1.82) is 0 Å². The van der Waals surface area contributed by atoms with Crippen LogP contribution in [0.2, 0.25) is 0 Å². The molecule has 2 aromatic carbocycles. The topological polar surface area (TPSA) is 82.6 Å². The molecule has 166 valence electrons. The van der Waals surface area contributed by atoms with Gasteiger partial charge in [0.2, 0.25) is 0 Å². The first kappa shape index (κ1) is 23.9. The minimum absolute atomic E-state index is 0.188. The van der Waals surface area contributed by atoms with E-state index in [-0.39, 0.29) is 24.3 Å². The van der Waals surface area contributed by atoms with Crippen LogP contribution in [0.25, 0.3) is 0 Å². The Balaban J connectivity index is 2.11. The molecule has 6 nitrogen and oxygen atoms in total. The lowest BCUT2D eigenvalue weighted by atomic mass is 10.1. The van der Waals surface area contributed by atoms with Crippen molar-refractivity contribution in [3.63, 3.8) is 0 Å². The number of hydrogen-bond donors (Lipinski definition) is 0. The molecule has 32 heavy (non-hydrogen) atoms. The monoisotopic (exact) mass is 469 g/mol. The smallest absolute Gasteiger partial charge is 0.279 e. The molecule has 1 atom stereocenters. The van der Waals surface area contributed by atoms with Crippen molar-refractivity contribution in [2.45, 2.75) is 20.5 Å². The van der Waals surface area contributed by atoms with E-state index in [1.807, 2.05) is 37.3 Å². The highest BCUT2D eigenvalue weighted by atomic mass is 32.2. The van der Waals surface area contributed by atoms with E-state index in [0.717, 1.165) is 17.4 Å². The first-order valence-corrected chi connectivity index (χ1v) is 13.4. The van der Waals surface area contributed by atoms with Crippen LogP contribution in [0, 0.1) is 18.8 Å². The molecule has 0 radical (unpaired) electrons. The molecule has 8 heteroatoms. The minimum Gasteiger partial charge on any atom is -0.321 e. The summed E-state index contributed by atoms with van der Waals surface area (Å²) in [5.41, 5.74) is 2.95. The van der Waals surface area contributed by atoms with Crippen LogP contribution in [-0.2, 0) is 30.0 Å². The van der Waals surface area contributed by atoms with E-state index in [2.05, 4.69) is 16.8 Å². The van der Waals surface area contributed by atoms with Gasteiger partial charge in [0.25, 0.3) is 17.5 Å². The Morgan fingerprint density at radius 3 is 2.25 bits per heavy atom. The third-order valence-electron chi connectivity index (χ3n) is 4.40. The van der Waals surface area contributed by atoms with Gasteiger partial charge in [-0.2, -0.15) is 8.42 Å². The Kier molecular flexibility index (Phi) is 7.65. The van der Waals surface area contributed by atoms with Gasteiger partial charge in [0.15, 0.2) is 0 Å². The second-order valence-electron chi connectivity index (χ2n) is 7.09. The molecule has 0 saturated carbocycles. The zero-order chi connectivity index (χ0) is 23.2. The van der Waals surface area contributed by atoms with Gasteiger partial charge in [-0.05, 0) is 50.2 Å². The summed E-state index contributed by atoms with van der Waals surface area (Å²) in [7, 11) is -7.21. The first-order valence-electron chi connectivity index (χ1n) is 9.94. The van der Waals surface area contributed by atoms with E-state index in [1.165, 1.54) is 0 Å². The number of pyridine rings is 1. The van der Waals surface area contributed by atoms with Crippen molar-refractivity contribution in [1.82, 2.24) is 4.98 Å². The molecular formula is C24H24NO5PS. The lowest BCUT2D eigenvalue weighted by Crippen LogP contribution is -2.23. The molecular weight excluding hydrogens is 445 g/mol. The maximum atomic E-state index is 13.9. The van der Waals surface area contributed by atoms with Gasteiger partial charge in [0.1, 0.15) is 12.0 Å². The van der Waals surface area contributed by atoms with Crippen molar-refractivity contribution in [2.75, 3.05) is 12.9 Å². The summed E-state index contributed by atoms with van der Waals surface area (Å²) in [5, 5.41) is 0.493. The van der Waals surface area contributed by atoms with Gasteiger partial charge in [0.05, 0.1) is 18.6 Å². The quantitative estimate of drug-likeness (QED) is 0.299. The zero-order valence-corrected chi connectivity index (χ0v) is 19.8. The Hall–Kier alpha value is -2.75. The number of benzene rings is 2. The van der Waals surface area contributed by atoms with Crippen LogP contribution in [-0.4, -0.2) is 26.3 Å². The maximum absolute atomic E-state index is 13.9. The Labute approximate surface area is 189 Å². The Bertz CT molecular complexity index is 1290. The average molecular weight is 469 g/mol. The summed E-state index contributed by atoms with van der Waals surface area (Å²) in [6.45, 7) is 3.66. The second-order valence-corrected chi connectivity index (χ2v) is 11.1. The average Bonchev–Trinajstić information content (AvgIpc) is 2.77. The largest absolute Gasteiger partial charge is 0.321 e. The molecule has 1 heterocycles. The van der Waals surface area contributed by atoms with Gasteiger partial charge in [-0.15, -0.1) is 0 Å². The number of rotatable bonds is 7. The van der Waals surface area contributed by atoms with E-state index in [0.29, 0.717) is 10.9 Å². The molecule has 0 aliphatic heterocycles. The van der Waals surface area contributed by atoms with E-state index in [4.69, 9.17) is 8.71 Å². The third kappa shape index (κ3) is 6.38. The molecule has 0 spiro atoms. The standard InChI is InChI=1S/C24H24NO5PS/c1-4-29-31(26,23-8-6-5-7-9-23)24-17-21(15-14-20-12-10-19(2)11-13-20)16-22(25-24)18-30-32(3,27)28/h5-13,16-17H,4,18H2,1-3H3. The lowest BCUT2D eigenvalue weighted by molar-refractivity contribution is 0.307. The number of hydrogen-bond acceptors (Lipinski definition) is 6. The molecule has 0 aliphatic carbocycles. The molecule has 3 aromatic rings. The fourth-order valence-electron chi connectivity index (χ4n) is 2.90. The highest BCUT2D eigenvalue weighted by Gasteiger charge is 2.30. The molecule has 0 amide bonds. The molecule has 1 unspecified atom stereocenters. The van der Waals surface area contributed by atoms with Crippen LogP contribution in [0.15, 0.2) is 66.7 Å². The molecule has 0 fully saturated rings. The van der Waals surface area contributed by atoms with Crippen LogP contribution in [0.4, 0.5) is 0 Å². The predicted molar refractivity (Wildman–Crippen MR) is 126 cm³/mol. The first-order chi connectivity index (χ1) is 15.2. The van der Waals surface area contributed by atoms with Crippen molar-refractivity contribution in [2.24, 2.45) is 0 Å². The Morgan fingerprint density at radius 2 is 1.62 bits per heavy atom. The summed E-state index contributed by atoms with van der Waals surface area (Å²) in [4.78, 5) is 4.42. The van der Waals surface area contributed by atoms with Crippen molar-refractivity contribution in [3.05, 3.63) is 89.1 Å². The van der Waals surface area contributed by atoms with Crippen LogP contribution in [0.5, 0.6) is 0 Å². The normalized spacial score (nSPS) is 13.1. The summed E-state index contributed by atoms with van der Waals surface area (Å²) in [6, 6.07) is 19.8. The maximum Gasteiger partial charge on any atom is 0.279 e. The summed E-state index contributed by atoms with van der Waals surface area (Å²) in [5.74, 6) is 6.12. The zero-order valence-electron chi connectivity index (χ0n) is 18.1. The van der Waals surface area contributed by atoms with Crippen molar-refractivity contribution < 1.29 is 21.7 Å². The summed E-state index contributed by atoms with van der Waals surface area (Å²) >= 11 is 0. The fourth-order valence-corrected chi connectivity index (χ4v) is 5.27. The van der Waals surface area contributed by atoms with E-state index in [9.17, 15) is 13.0 Å². The SMILES string of the molecule is CCOP(=O)(c1ccccc1)c1cc(C#Cc2ccc(C)cc2)cc(COS(C)(=O)=O)n1. The highest BCUT2D eigenvalue weighted by Crippen LogP contribution is 2.44. The van der Waals surface area contributed by atoms with Gasteiger partial charge in [-0.1, -0.05) is 47.7 Å². The van der Waals surface area contributed by atoms with E-state index < -0.39 is 17.5 Å². The summed E-state index contributed by atoms with van der Waals surface area (Å²) in [6.07, 6.45) is 0.962. The molecule has 3 rings (SSSR count). The molecule has 0 saturated heterocycles. The summed E-state index contributed by atoms with van der Waals surface area (Å²) < 4.78 is 47.5. The highest BCUT2D eigenvalue weighted by molar-refractivity contribution is 7.85. The van der Waals surface area contributed by atoms with Gasteiger partial charge in [-0.3, -0.25) is 8.75 Å². The van der Waals surface area contributed by atoms with Crippen LogP contribution >= 0.6 is 7.37 Å². The van der Waals surface area contributed by atoms with E-state index in [1.54, 1.807) is 43.3 Å². The van der Waals surface area contributed by atoms with Gasteiger partial charge in [-0.25, -0.2) is 4.98 Å². The number of nitrogens with zero attached hydrogens (tertiary/aromatic N) is 1. The van der Waals surface area contributed by atoms with E-state index >= 15 is 0 Å². The Morgan fingerprint density at radius 1 is 0.969 bits per heavy atom. The van der Waals surface area contributed by atoms with Crippen molar-refractivity contribution in [3.8, 4) is 11.8 Å². The molecule has 1 aromatic heterocycles. The van der Waals surface area contributed by atoms with Gasteiger partial charge >= 0.3 is 0 Å². The predicted octanol–water partition coefficient (Wildman–Crippen LogP) is 3.53. The fraction of sp³-hybridized carbons (Fsp3) is 0.208. The number of aromatic nitrogens is 1. The van der Waals surface area contributed by atoms with Crippen LogP contribution < -0.4 is 10.7 Å². The molecule has 0 N–H and O–H groups in total. The van der Waals surface area contributed by atoms with Gasteiger partial charge < -0.3 is 4.52 Å².